The fraction of sp³-hybridized carbons (Fsp3) is 0.571. The van der Waals surface area contributed by atoms with Crippen LogP contribution in [0.25, 0.3) is 0 Å². The van der Waals surface area contributed by atoms with E-state index in [2.05, 4.69) is 53.2 Å². The average molecular weight is 315 g/mol. The summed E-state index contributed by atoms with van der Waals surface area (Å²) in [7, 11) is 5.91. The number of halogens is 1. The fourth-order valence-electron chi connectivity index (χ4n) is 2.03. The molecule has 0 aliphatic carbocycles. The Balaban J connectivity index is 2.78. The Morgan fingerprint density at radius 1 is 1.39 bits per heavy atom. The van der Waals surface area contributed by atoms with E-state index >= 15 is 0 Å². The predicted octanol–water partition coefficient (Wildman–Crippen LogP) is 2.54. The van der Waals surface area contributed by atoms with E-state index in [1.165, 1.54) is 5.56 Å². The summed E-state index contributed by atoms with van der Waals surface area (Å²) in [6, 6.07) is 6.58. The zero-order chi connectivity index (χ0) is 13.5. The fourth-order valence-corrected chi connectivity index (χ4v) is 2.44. The SMILES string of the molecule is CCNC(Cc1cc(OC)ccc1Br)CN(C)C. The van der Waals surface area contributed by atoms with Gasteiger partial charge in [-0.3, -0.25) is 0 Å². The number of ether oxygens (including phenoxy) is 1. The second-order valence-corrected chi connectivity index (χ2v) is 5.53. The van der Waals surface area contributed by atoms with Gasteiger partial charge in [0.15, 0.2) is 0 Å². The molecule has 1 unspecified atom stereocenters. The van der Waals surface area contributed by atoms with Crippen LogP contribution in [-0.2, 0) is 6.42 Å². The zero-order valence-corrected chi connectivity index (χ0v) is 13.3. The molecule has 1 aromatic carbocycles. The van der Waals surface area contributed by atoms with Crippen molar-refractivity contribution in [2.24, 2.45) is 0 Å². The summed E-state index contributed by atoms with van der Waals surface area (Å²) >= 11 is 3.61. The van der Waals surface area contributed by atoms with Gasteiger partial charge >= 0.3 is 0 Å². The van der Waals surface area contributed by atoms with E-state index in [0.717, 1.165) is 29.7 Å². The van der Waals surface area contributed by atoms with Gasteiger partial charge in [0.1, 0.15) is 5.75 Å². The highest BCUT2D eigenvalue weighted by Crippen LogP contribution is 2.23. The van der Waals surface area contributed by atoms with Crippen molar-refractivity contribution >= 4 is 15.9 Å². The van der Waals surface area contributed by atoms with Crippen molar-refractivity contribution in [3.05, 3.63) is 28.2 Å². The van der Waals surface area contributed by atoms with Crippen molar-refractivity contribution in [1.29, 1.82) is 0 Å². The van der Waals surface area contributed by atoms with Gasteiger partial charge in [0, 0.05) is 17.1 Å². The number of methoxy groups -OCH3 is 1. The first kappa shape index (κ1) is 15.5. The van der Waals surface area contributed by atoms with Gasteiger partial charge in [-0.25, -0.2) is 0 Å². The summed E-state index contributed by atoms with van der Waals surface area (Å²) in [4.78, 5) is 2.21. The molecule has 0 heterocycles. The smallest absolute Gasteiger partial charge is 0.119 e. The van der Waals surface area contributed by atoms with Crippen LogP contribution in [0, 0.1) is 0 Å². The van der Waals surface area contributed by atoms with E-state index in [0.29, 0.717) is 6.04 Å². The maximum Gasteiger partial charge on any atom is 0.119 e. The van der Waals surface area contributed by atoms with Gasteiger partial charge in [0.2, 0.25) is 0 Å². The second-order valence-electron chi connectivity index (χ2n) is 4.68. The standard InChI is InChI=1S/C14H23BrN2O/c1-5-16-12(10-17(2)3)8-11-9-13(18-4)6-7-14(11)15/h6-7,9,12,16H,5,8,10H2,1-4H3. The Morgan fingerprint density at radius 3 is 2.67 bits per heavy atom. The van der Waals surface area contributed by atoms with E-state index in [9.17, 15) is 0 Å². The lowest BCUT2D eigenvalue weighted by atomic mass is 10.1. The van der Waals surface area contributed by atoms with Crippen LogP contribution in [0.3, 0.4) is 0 Å². The Labute approximate surface area is 119 Å². The molecule has 0 amide bonds. The molecule has 0 fully saturated rings. The zero-order valence-electron chi connectivity index (χ0n) is 11.7. The highest BCUT2D eigenvalue weighted by atomic mass is 79.9. The summed E-state index contributed by atoms with van der Waals surface area (Å²) in [6.07, 6.45) is 0.990. The average Bonchev–Trinajstić information content (AvgIpc) is 2.31. The molecule has 1 aromatic rings. The van der Waals surface area contributed by atoms with Crippen molar-refractivity contribution < 1.29 is 4.74 Å². The van der Waals surface area contributed by atoms with Gasteiger partial charge in [-0.1, -0.05) is 22.9 Å². The number of benzene rings is 1. The normalized spacial score (nSPS) is 12.8. The monoisotopic (exact) mass is 314 g/mol. The third-order valence-corrected chi connectivity index (χ3v) is 3.57. The predicted molar refractivity (Wildman–Crippen MR) is 80.4 cm³/mol. The van der Waals surface area contributed by atoms with Crippen molar-refractivity contribution in [1.82, 2.24) is 10.2 Å². The van der Waals surface area contributed by atoms with Gasteiger partial charge in [-0.2, -0.15) is 0 Å². The number of hydrogen-bond donors (Lipinski definition) is 1. The number of hydrogen-bond acceptors (Lipinski definition) is 3. The largest absolute Gasteiger partial charge is 0.497 e. The lowest BCUT2D eigenvalue weighted by molar-refractivity contribution is 0.338. The molecule has 0 saturated heterocycles. The third-order valence-electron chi connectivity index (χ3n) is 2.80. The molecule has 0 spiro atoms. The first-order valence-electron chi connectivity index (χ1n) is 6.27. The first-order chi connectivity index (χ1) is 8.56. The molecular formula is C14H23BrN2O. The lowest BCUT2D eigenvalue weighted by Crippen LogP contribution is -2.39. The van der Waals surface area contributed by atoms with Crippen LogP contribution in [0.4, 0.5) is 0 Å². The highest BCUT2D eigenvalue weighted by Gasteiger charge is 2.12. The number of rotatable bonds is 7. The van der Waals surface area contributed by atoms with Gasteiger partial charge in [-0.15, -0.1) is 0 Å². The highest BCUT2D eigenvalue weighted by molar-refractivity contribution is 9.10. The van der Waals surface area contributed by atoms with Crippen LogP contribution in [0.5, 0.6) is 5.75 Å². The van der Waals surface area contributed by atoms with Crippen molar-refractivity contribution in [3.63, 3.8) is 0 Å². The molecule has 18 heavy (non-hydrogen) atoms. The second kappa shape index (κ2) is 7.77. The van der Waals surface area contributed by atoms with Crippen molar-refractivity contribution in [2.45, 2.75) is 19.4 Å². The third kappa shape index (κ3) is 4.96. The maximum atomic E-state index is 5.28. The molecule has 0 aliphatic rings. The molecule has 4 heteroatoms. The van der Waals surface area contributed by atoms with Gasteiger partial charge in [0.05, 0.1) is 7.11 Å². The minimum Gasteiger partial charge on any atom is -0.497 e. The lowest BCUT2D eigenvalue weighted by Gasteiger charge is -2.22. The summed E-state index contributed by atoms with van der Waals surface area (Å²) in [5, 5.41) is 3.52. The molecule has 1 atom stereocenters. The van der Waals surface area contributed by atoms with E-state index in [1.54, 1.807) is 7.11 Å². The van der Waals surface area contributed by atoms with E-state index in [4.69, 9.17) is 4.74 Å². The van der Waals surface area contributed by atoms with Crippen LogP contribution < -0.4 is 10.1 Å². The molecule has 0 aromatic heterocycles. The number of likely N-dealkylation sites (N-methyl/N-ethyl adjacent to an activating group) is 2. The molecular weight excluding hydrogens is 292 g/mol. The van der Waals surface area contributed by atoms with Crippen molar-refractivity contribution in [2.75, 3.05) is 34.3 Å². The topological polar surface area (TPSA) is 24.5 Å². The molecule has 102 valence electrons. The van der Waals surface area contributed by atoms with Crippen LogP contribution >= 0.6 is 15.9 Å². The number of nitrogens with one attached hydrogen (secondary N) is 1. The van der Waals surface area contributed by atoms with Crippen LogP contribution in [0.1, 0.15) is 12.5 Å². The quantitative estimate of drug-likeness (QED) is 0.837. The minimum absolute atomic E-state index is 0.452. The first-order valence-corrected chi connectivity index (χ1v) is 7.06. The minimum atomic E-state index is 0.452. The molecule has 0 bridgehead atoms. The van der Waals surface area contributed by atoms with E-state index in [1.807, 2.05) is 12.1 Å². The Bertz CT molecular complexity index is 369. The van der Waals surface area contributed by atoms with Crippen LogP contribution in [-0.4, -0.2) is 45.2 Å². The van der Waals surface area contributed by atoms with Gasteiger partial charge < -0.3 is 15.0 Å². The number of nitrogens with zero attached hydrogens (tertiary/aromatic N) is 1. The summed E-state index contributed by atoms with van der Waals surface area (Å²) < 4.78 is 6.42. The summed E-state index contributed by atoms with van der Waals surface area (Å²) in [5.74, 6) is 0.910. The molecule has 3 nitrogen and oxygen atoms in total. The van der Waals surface area contributed by atoms with Gasteiger partial charge in [0.25, 0.3) is 0 Å². The molecule has 0 aliphatic heterocycles. The van der Waals surface area contributed by atoms with Crippen LogP contribution in [0.15, 0.2) is 22.7 Å². The Morgan fingerprint density at radius 2 is 2.11 bits per heavy atom. The molecule has 1 N–H and O–H groups in total. The summed E-state index contributed by atoms with van der Waals surface area (Å²) in [6.45, 7) is 4.15. The molecule has 0 radical (unpaired) electrons. The van der Waals surface area contributed by atoms with Crippen LogP contribution in [0.2, 0.25) is 0 Å². The van der Waals surface area contributed by atoms with Gasteiger partial charge in [-0.05, 0) is 50.8 Å². The van der Waals surface area contributed by atoms with E-state index in [-0.39, 0.29) is 0 Å². The van der Waals surface area contributed by atoms with E-state index < -0.39 is 0 Å². The molecule has 1 rings (SSSR count). The van der Waals surface area contributed by atoms with Crippen molar-refractivity contribution in [3.8, 4) is 5.75 Å². The summed E-state index contributed by atoms with van der Waals surface area (Å²) in [5.41, 5.74) is 1.28. The maximum absolute atomic E-state index is 5.28. The molecule has 0 saturated carbocycles. The Kier molecular flexibility index (Phi) is 6.68. The Hall–Kier alpha value is -0.580.